The third-order valence-corrected chi connectivity index (χ3v) is 2.63. The minimum atomic E-state index is -0.437. The number of aliphatic hydroxyl groups is 1. The van der Waals surface area contributed by atoms with E-state index >= 15 is 0 Å². The van der Waals surface area contributed by atoms with Crippen LogP contribution in [0.2, 0.25) is 0 Å². The molecule has 2 nitrogen and oxygen atoms in total. The fourth-order valence-corrected chi connectivity index (χ4v) is 1.60. The molecule has 0 fully saturated rings. The lowest BCUT2D eigenvalue weighted by molar-refractivity contribution is 0.0300. The van der Waals surface area contributed by atoms with Crippen molar-refractivity contribution in [3.63, 3.8) is 0 Å². The molecule has 0 aromatic heterocycles. The van der Waals surface area contributed by atoms with Crippen LogP contribution in [0.3, 0.4) is 0 Å². The molecule has 0 aliphatic carbocycles. The van der Waals surface area contributed by atoms with Gasteiger partial charge in [0.1, 0.15) is 0 Å². The van der Waals surface area contributed by atoms with Crippen LogP contribution in [0.4, 0.5) is 0 Å². The molecule has 1 atom stereocenters. The summed E-state index contributed by atoms with van der Waals surface area (Å²) in [6.45, 7) is 6.64. The van der Waals surface area contributed by atoms with Gasteiger partial charge in [0.25, 0.3) is 0 Å². The quantitative estimate of drug-likeness (QED) is 0.712. The molecular formula is C16H22O2. The third-order valence-electron chi connectivity index (χ3n) is 2.63. The summed E-state index contributed by atoms with van der Waals surface area (Å²) in [5.74, 6) is 0. The maximum Gasteiger partial charge on any atom is 0.0808 e. The molecule has 2 heteroatoms. The lowest BCUT2D eigenvalue weighted by Gasteiger charge is -2.09. The predicted molar refractivity (Wildman–Crippen MR) is 75.3 cm³/mol. The molecular weight excluding hydrogens is 224 g/mol. The number of hydrogen-bond donors (Lipinski definition) is 1. The van der Waals surface area contributed by atoms with Crippen LogP contribution in [0.15, 0.2) is 54.6 Å². The van der Waals surface area contributed by atoms with Crippen molar-refractivity contribution in [3.8, 4) is 0 Å². The van der Waals surface area contributed by atoms with Crippen molar-refractivity contribution < 1.29 is 9.84 Å². The predicted octanol–water partition coefficient (Wildman–Crippen LogP) is 3.48. The molecule has 0 aliphatic heterocycles. The highest BCUT2D eigenvalue weighted by Gasteiger charge is 2.02. The van der Waals surface area contributed by atoms with Crippen LogP contribution in [-0.2, 0) is 11.3 Å². The fourth-order valence-electron chi connectivity index (χ4n) is 1.60. The van der Waals surface area contributed by atoms with E-state index in [-0.39, 0.29) is 0 Å². The molecule has 0 heterocycles. The van der Waals surface area contributed by atoms with E-state index in [9.17, 15) is 5.11 Å². The van der Waals surface area contributed by atoms with E-state index in [1.54, 1.807) is 0 Å². The first-order valence-corrected chi connectivity index (χ1v) is 6.28. The van der Waals surface area contributed by atoms with Gasteiger partial charge in [-0.3, -0.25) is 0 Å². The fraction of sp³-hybridized carbons (Fsp3) is 0.375. The standard InChI is InChI=1S/C16H22O2/c1-3-7-14(2)10-11-16(17)13-18-12-15-8-5-4-6-9-15/h3-6,8-10,16-17H,1,7,11-13H2,2H3/b14-10-. The topological polar surface area (TPSA) is 29.5 Å². The van der Waals surface area contributed by atoms with Crippen LogP contribution in [0.1, 0.15) is 25.3 Å². The monoisotopic (exact) mass is 246 g/mol. The van der Waals surface area contributed by atoms with Gasteiger partial charge in [-0.15, -0.1) is 6.58 Å². The van der Waals surface area contributed by atoms with Crippen molar-refractivity contribution in [2.24, 2.45) is 0 Å². The molecule has 0 aliphatic rings. The maximum atomic E-state index is 9.75. The zero-order chi connectivity index (χ0) is 13.2. The molecule has 0 radical (unpaired) electrons. The number of allylic oxidation sites excluding steroid dienone is 2. The molecule has 0 spiro atoms. The van der Waals surface area contributed by atoms with Gasteiger partial charge in [0.15, 0.2) is 0 Å². The van der Waals surface area contributed by atoms with Crippen molar-refractivity contribution in [2.75, 3.05) is 6.61 Å². The largest absolute Gasteiger partial charge is 0.390 e. The number of benzene rings is 1. The number of rotatable bonds is 8. The van der Waals surface area contributed by atoms with Crippen molar-refractivity contribution in [2.45, 2.75) is 32.5 Å². The molecule has 0 amide bonds. The van der Waals surface area contributed by atoms with Crippen LogP contribution in [-0.4, -0.2) is 17.8 Å². The molecule has 0 bridgehead atoms. The summed E-state index contributed by atoms with van der Waals surface area (Å²) in [6.07, 6.45) is 4.97. The summed E-state index contributed by atoms with van der Waals surface area (Å²) < 4.78 is 5.47. The molecule has 1 aromatic rings. The normalized spacial score (nSPS) is 13.3. The number of ether oxygens (including phenoxy) is 1. The summed E-state index contributed by atoms with van der Waals surface area (Å²) in [6, 6.07) is 9.97. The van der Waals surface area contributed by atoms with Crippen molar-refractivity contribution in [1.29, 1.82) is 0 Å². The van der Waals surface area contributed by atoms with Crippen LogP contribution < -0.4 is 0 Å². The summed E-state index contributed by atoms with van der Waals surface area (Å²) in [7, 11) is 0. The Bertz CT molecular complexity index is 368. The van der Waals surface area contributed by atoms with E-state index in [0.29, 0.717) is 19.6 Å². The van der Waals surface area contributed by atoms with Gasteiger partial charge in [-0.1, -0.05) is 48.1 Å². The Hall–Kier alpha value is -1.38. The van der Waals surface area contributed by atoms with E-state index in [0.717, 1.165) is 12.0 Å². The average Bonchev–Trinajstić information content (AvgIpc) is 2.38. The molecule has 1 N–H and O–H groups in total. The highest BCUT2D eigenvalue weighted by Crippen LogP contribution is 2.06. The number of aliphatic hydroxyl groups excluding tert-OH is 1. The lowest BCUT2D eigenvalue weighted by atomic mass is 10.1. The van der Waals surface area contributed by atoms with Crippen molar-refractivity contribution in [3.05, 3.63) is 60.2 Å². The first-order chi connectivity index (χ1) is 8.72. The zero-order valence-electron chi connectivity index (χ0n) is 11.0. The van der Waals surface area contributed by atoms with E-state index < -0.39 is 6.10 Å². The Morgan fingerprint density at radius 2 is 2.11 bits per heavy atom. The minimum absolute atomic E-state index is 0.368. The molecule has 98 valence electrons. The second-order valence-electron chi connectivity index (χ2n) is 4.43. The van der Waals surface area contributed by atoms with Crippen LogP contribution in [0.5, 0.6) is 0 Å². The SMILES string of the molecule is C=CC/C(C)=C\CC(O)COCc1ccccc1. The second-order valence-corrected chi connectivity index (χ2v) is 4.43. The smallest absolute Gasteiger partial charge is 0.0808 e. The summed E-state index contributed by atoms with van der Waals surface area (Å²) >= 11 is 0. The highest BCUT2D eigenvalue weighted by molar-refractivity contribution is 5.13. The van der Waals surface area contributed by atoms with E-state index in [2.05, 4.69) is 6.58 Å². The first-order valence-electron chi connectivity index (χ1n) is 6.28. The molecule has 0 saturated carbocycles. The second kappa shape index (κ2) is 8.67. The summed E-state index contributed by atoms with van der Waals surface area (Å²) in [4.78, 5) is 0. The first kappa shape index (κ1) is 14.7. The highest BCUT2D eigenvalue weighted by atomic mass is 16.5. The summed E-state index contributed by atoms with van der Waals surface area (Å²) in [5, 5.41) is 9.75. The Kier molecular flexibility index (Phi) is 7.07. The van der Waals surface area contributed by atoms with E-state index in [1.807, 2.05) is 49.4 Å². The Morgan fingerprint density at radius 1 is 1.39 bits per heavy atom. The summed E-state index contributed by atoms with van der Waals surface area (Å²) in [5.41, 5.74) is 2.36. The van der Waals surface area contributed by atoms with Gasteiger partial charge in [0.2, 0.25) is 0 Å². The third kappa shape index (κ3) is 6.38. The minimum Gasteiger partial charge on any atom is -0.390 e. The van der Waals surface area contributed by atoms with Gasteiger partial charge in [0.05, 0.1) is 19.3 Å². The van der Waals surface area contributed by atoms with Crippen LogP contribution in [0, 0.1) is 0 Å². The number of hydrogen-bond acceptors (Lipinski definition) is 2. The van der Waals surface area contributed by atoms with Gasteiger partial charge in [-0.25, -0.2) is 0 Å². The van der Waals surface area contributed by atoms with Gasteiger partial charge in [0, 0.05) is 0 Å². The van der Waals surface area contributed by atoms with Crippen LogP contribution >= 0.6 is 0 Å². The molecule has 1 aromatic carbocycles. The van der Waals surface area contributed by atoms with Gasteiger partial charge < -0.3 is 9.84 Å². The van der Waals surface area contributed by atoms with Gasteiger partial charge in [-0.2, -0.15) is 0 Å². The Morgan fingerprint density at radius 3 is 2.78 bits per heavy atom. The Balaban J connectivity index is 2.19. The molecule has 1 unspecified atom stereocenters. The molecule has 18 heavy (non-hydrogen) atoms. The molecule has 1 rings (SSSR count). The Labute approximate surface area is 110 Å². The van der Waals surface area contributed by atoms with E-state index in [4.69, 9.17) is 4.74 Å². The van der Waals surface area contributed by atoms with Gasteiger partial charge in [-0.05, 0) is 25.3 Å². The van der Waals surface area contributed by atoms with E-state index in [1.165, 1.54) is 5.57 Å². The van der Waals surface area contributed by atoms with Gasteiger partial charge >= 0.3 is 0 Å². The van der Waals surface area contributed by atoms with Crippen molar-refractivity contribution in [1.82, 2.24) is 0 Å². The van der Waals surface area contributed by atoms with Crippen LogP contribution in [0.25, 0.3) is 0 Å². The zero-order valence-corrected chi connectivity index (χ0v) is 11.0. The maximum absolute atomic E-state index is 9.75. The van der Waals surface area contributed by atoms with Crippen molar-refractivity contribution >= 4 is 0 Å². The average molecular weight is 246 g/mol. The molecule has 0 saturated heterocycles. The lowest BCUT2D eigenvalue weighted by Crippen LogP contribution is -2.14.